The van der Waals surface area contributed by atoms with E-state index in [1.54, 1.807) is 7.11 Å². The average Bonchev–Trinajstić information content (AvgIpc) is 2.52. The smallest absolute Gasteiger partial charge is 0.253 e. The van der Waals surface area contributed by atoms with E-state index < -0.39 is 0 Å². The van der Waals surface area contributed by atoms with E-state index in [9.17, 15) is 4.79 Å². The largest absolute Gasteiger partial charge is 0.496 e. The van der Waals surface area contributed by atoms with Crippen LogP contribution in [0.2, 0.25) is 0 Å². The van der Waals surface area contributed by atoms with E-state index in [0.29, 0.717) is 13.2 Å². The lowest BCUT2D eigenvalue weighted by molar-refractivity contribution is 0.0724. The molecule has 2 rings (SSSR count). The molecule has 1 aromatic rings. The maximum Gasteiger partial charge on any atom is 0.253 e. The number of hydrogen-bond donors (Lipinski definition) is 0. The standard InChI is InChI=1S/C16H23NO3/c1-3-20-12-14-11-13(7-8-15(14)19-2)16(18)17-9-5-4-6-10-17/h7-8,11H,3-6,9-10,12H2,1-2H3. The van der Waals surface area contributed by atoms with Gasteiger partial charge in [0.25, 0.3) is 5.91 Å². The number of benzene rings is 1. The average molecular weight is 277 g/mol. The molecule has 0 aliphatic carbocycles. The number of carbonyl (C=O) groups is 1. The number of likely N-dealkylation sites (tertiary alicyclic amines) is 1. The summed E-state index contributed by atoms with van der Waals surface area (Å²) in [7, 11) is 1.64. The molecule has 0 saturated carbocycles. The van der Waals surface area contributed by atoms with Crippen molar-refractivity contribution in [2.45, 2.75) is 32.8 Å². The lowest BCUT2D eigenvalue weighted by atomic mass is 10.1. The van der Waals surface area contributed by atoms with Crippen molar-refractivity contribution < 1.29 is 14.3 Å². The first-order valence-corrected chi connectivity index (χ1v) is 7.30. The minimum Gasteiger partial charge on any atom is -0.496 e. The Morgan fingerprint density at radius 3 is 2.65 bits per heavy atom. The van der Waals surface area contributed by atoms with Gasteiger partial charge >= 0.3 is 0 Å². The second-order valence-electron chi connectivity index (χ2n) is 5.02. The molecule has 0 atom stereocenters. The van der Waals surface area contributed by atoms with Gasteiger partial charge < -0.3 is 14.4 Å². The summed E-state index contributed by atoms with van der Waals surface area (Å²) in [5, 5.41) is 0. The lowest BCUT2D eigenvalue weighted by Crippen LogP contribution is -2.35. The molecule has 4 heteroatoms. The summed E-state index contributed by atoms with van der Waals surface area (Å²) >= 11 is 0. The van der Waals surface area contributed by atoms with E-state index in [1.165, 1.54) is 6.42 Å². The zero-order valence-electron chi connectivity index (χ0n) is 12.4. The van der Waals surface area contributed by atoms with Crippen LogP contribution in [-0.2, 0) is 11.3 Å². The molecular formula is C16H23NO3. The minimum absolute atomic E-state index is 0.116. The monoisotopic (exact) mass is 277 g/mol. The summed E-state index contributed by atoms with van der Waals surface area (Å²) in [5.41, 5.74) is 1.65. The Morgan fingerprint density at radius 2 is 2.00 bits per heavy atom. The van der Waals surface area contributed by atoms with E-state index in [2.05, 4.69) is 0 Å². The molecular weight excluding hydrogens is 254 g/mol. The van der Waals surface area contributed by atoms with Crippen LogP contribution in [0.3, 0.4) is 0 Å². The van der Waals surface area contributed by atoms with Crippen LogP contribution in [0.15, 0.2) is 18.2 Å². The molecule has 0 unspecified atom stereocenters. The van der Waals surface area contributed by atoms with Crippen molar-refractivity contribution in [1.82, 2.24) is 4.90 Å². The fraction of sp³-hybridized carbons (Fsp3) is 0.562. The van der Waals surface area contributed by atoms with Crippen LogP contribution in [-0.4, -0.2) is 37.6 Å². The van der Waals surface area contributed by atoms with Gasteiger partial charge in [-0.3, -0.25) is 4.79 Å². The van der Waals surface area contributed by atoms with Gasteiger partial charge in [0.05, 0.1) is 13.7 Å². The predicted molar refractivity (Wildman–Crippen MR) is 78.1 cm³/mol. The van der Waals surface area contributed by atoms with Crippen LogP contribution in [0, 0.1) is 0 Å². The predicted octanol–water partition coefficient (Wildman–Crippen LogP) is 2.86. The number of methoxy groups -OCH3 is 1. The minimum atomic E-state index is 0.116. The lowest BCUT2D eigenvalue weighted by Gasteiger charge is -2.27. The van der Waals surface area contributed by atoms with Gasteiger partial charge in [-0.15, -0.1) is 0 Å². The summed E-state index contributed by atoms with van der Waals surface area (Å²) in [6, 6.07) is 5.59. The summed E-state index contributed by atoms with van der Waals surface area (Å²) in [4.78, 5) is 14.4. The van der Waals surface area contributed by atoms with Gasteiger partial charge in [0, 0.05) is 30.8 Å². The molecule has 4 nitrogen and oxygen atoms in total. The number of rotatable bonds is 5. The van der Waals surface area contributed by atoms with Gasteiger partial charge in [-0.25, -0.2) is 0 Å². The topological polar surface area (TPSA) is 38.8 Å². The third kappa shape index (κ3) is 3.51. The van der Waals surface area contributed by atoms with Gasteiger partial charge in [0.2, 0.25) is 0 Å². The van der Waals surface area contributed by atoms with Gasteiger partial charge in [-0.1, -0.05) is 0 Å². The molecule has 1 aliphatic heterocycles. The molecule has 0 N–H and O–H groups in total. The maximum absolute atomic E-state index is 12.5. The summed E-state index contributed by atoms with van der Waals surface area (Å²) in [6.45, 7) is 4.81. The van der Waals surface area contributed by atoms with E-state index in [0.717, 1.165) is 42.8 Å². The van der Waals surface area contributed by atoms with Crippen LogP contribution < -0.4 is 4.74 Å². The number of hydrogen-bond acceptors (Lipinski definition) is 3. The van der Waals surface area contributed by atoms with Crippen molar-refractivity contribution in [3.8, 4) is 5.75 Å². The number of piperidine rings is 1. The van der Waals surface area contributed by atoms with E-state index in [1.807, 2.05) is 30.0 Å². The summed E-state index contributed by atoms with van der Waals surface area (Å²) < 4.78 is 10.8. The molecule has 0 bridgehead atoms. The molecule has 1 amide bonds. The van der Waals surface area contributed by atoms with Crippen molar-refractivity contribution >= 4 is 5.91 Å². The van der Waals surface area contributed by atoms with Crippen LogP contribution in [0.5, 0.6) is 5.75 Å². The van der Waals surface area contributed by atoms with Crippen molar-refractivity contribution in [3.63, 3.8) is 0 Å². The van der Waals surface area contributed by atoms with Crippen molar-refractivity contribution in [2.24, 2.45) is 0 Å². The third-order valence-electron chi connectivity index (χ3n) is 3.63. The third-order valence-corrected chi connectivity index (χ3v) is 3.63. The number of ether oxygens (including phenoxy) is 2. The molecule has 110 valence electrons. The highest BCUT2D eigenvalue weighted by Crippen LogP contribution is 2.22. The van der Waals surface area contributed by atoms with Gasteiger partial charge in [-0.2, -0.15) is 0 Å². The quantitative estimate of drug-likeness (QED) is 0.830. The number of carbonyl (C=O) groups excluding carboxylic acids is 1. The van der Waals surface area contributed by atoms with Crippen molar-refractivity contribution in [1.29, 1.82) is 0 Å². The Balaban J connectivity index is 2.16. The SMILES string of the molecule is CCOCc1cc(C(=O)N2CCCCC2)ccc1OC. The molecule has 1 aromatic carbocycles. The Kier molecular flexibility index (Phi) is 5.41. The highest BCUT2D eigenvalue weighted by atomic mass is 16.5. The Labute approximate surface area is 120 Å². The molecule has 20 heavy (non-hydrogen) atoms. The molecule has 1 fully saturated rings. The van der Waals surface area contributed by atoms with Gasteiger partial charge in [0.1, 0.15) is 5.75 Å². The highest BCUT2D eigenvalue weighted by Gasteiger charge is 2.19. The first-order chi connectivity index (χ1) is 9.76. The Bertz CT molecular complexity index is 453. The summed E-state index contributed by atoms with van der Waals surface area (Å²) in [5.74, 6) is 0.888. The first-order valence-electron chi connectivity index (χ1n) is 7.30. The van der Waals surface area contributed by atoms with Crippen molar-refractivity contribution in [3.05, 3.63) is 29.3 Å². The normalized spacial score (nSPS) is 15.2. The van der Waals surface area contributed by atoms with E-state index in [-0.39, 0.29) is 5.91 Å². The van der Waals surface area contributed by atoms with Crippen LogP contribution in [0.25, 0.3) is 0 Å². The van der Waals surface area contributed by atoms with Crippen LogP contribution in [0.4, 0.5) is 0 Å². The Morgan fingerprint density at radius 1 is 1.25 bits per heavy atom. The maximum atomic E-state index is 12.5. The number of amides is 1. The molecule has 0 aromatic heterocycles. The zero-order chi connectivity index (χ0) is 14.4. The molecule has 0 spiro atoms. The van der Waals surface area contributed by atoms with Gasteiger partial charge in [-0.05, 0) is 44.4 Å². The first kappa shape index (κ1) is 14.9. The second kappa shape index (κ2) is 7.29. The van der Waals surface area contributed by atoms with E-state index >= 15 is 0 Å². The number of nitrogens with zero attached hydrogens (tertiary/aromatic N) is 1. The van der Waals surface area contributed by atoms with Crippen molar-refractivity contribution in [2.75, 3.05) is 26.8 Å². The van der Waals surface area contributed by atoms with Crippen LogP contribution in [0.1, 0.15) is 42.1 Å². The molecule has 0 radical (unpaired) electrons. The fourth-order valence-corrected chi connectivity index (χ4v) is 2.52. The molecule has 1 heterocycles. The van der Waals surface area contributed by atoms with Gasteiger partial charge in [0.15, 0.2) is 0 Å². The Hall–Kier alpha value is -1.55. The summed E-state index contributed by atoms with van der Waals surface area (Å²) in [6.07, 6.45) is 3.43. The molecule has 1 saturated heterocycles. The van der Waals surface area contributed by atoms with E-state index in [4.69, 9.17) is 9.47 Å². The molecule has 1 aliphatic rings. The zero-order valence-corrected chi connectivity index (χ0v) is 12.4. The second-order valence-corrected chi connectivity index (χ2v) is 5.02. The van der Waals surface area contributed by atoms with Crippen LogP contribution >= 0.6 is 0 Å². The fourth-order valence-electron chi connectivity index (χ4n) is 2.52. The highest BCUT2D eigenvalue weighted by molar-refractivity contribution is 5.94.